The van der Waals surface area contributed by atoms with Gasteiger partial charge >= 0.3 is 0 Å². The number of carbonyl (C=O) groups excluding carboxylic acids is 1. The number of fused-ring (bicyclic) bond motifs is 1. The van der Waals surface area contributed by atoms with Gasteiger partial charge in [0.1, 0.15) is 0 Å². The standard InChI is InChI=1S/C19H25N5O4/c25-18(17-15-12-14(24(26)27)4-5-16(15)21-22-17)20-13-19(6-2-1-3-7-19)23-8-10-28-11-9-23/h4-5,12H,1-3,6-11,13H2,(H,20,25)(H,21,22). The molecule has 2 aliphatic rings. The van der Waals surface area contributed by atoms with Crippen molar-refractivity contribution in [3.05, 3.63) is 34.0 Å². The van der Waals surface area contributed by atoms with Crippen molar-refractivity contribution in [2.24, 2.45) is 0 Å². The third-order valence-corrected chi connectivity index (χ3v) is 6.02. The number of morpholine rings is 1. The van der Waals surface area contributed by atoms with Crippen LogP contribution in [0.1, 0.15) is 42.6 Å². The summed E-state index contributed by atoms with van der Waals surface area (Å²) in [5, 5.41) is 21.5. The van der Waals surface area contributed by atoms with Gasteiger partial charge in [0, 0.05) is 42.7 Å². The second-order valence-corrected chi connectivity index (χ2v) is 7.63. The summed E-state index contributed by atoms with van der Waals surface area (Å²) in [6.07, 6.45) is 5.66. The number of non-ortho nitro benzene ring substituents is 1. The Labute approximate surface area is 162 Å². The first-order valence-electron chi connectivity index (χ1n) is 9.83. The third kappa shape index (κ3) is 3.59. The molecule has 0 atom stereocenters. The fourth-order valence-corrected chi connectivity index (χ4v) is 4.47. The normalized spacial score (nSPS) is 20.1. The number of nitro groups is 1. The molecule has 2 fully saturated rings. The van der Waals surface area contributed by atoms with E-state index in [9.17, 15) is 14.9 Å². The van der Waals surface area contributed by atoms with Crippen LogP contribution in [-0.4, -0.2) is 64.3 Å². The number of H-pyrrole nitrogens is 1. The van der Waals surface area contributed by atoms with E-state index in [-0.39, 0.29) is 22.8 Å². The molecule has 1 aromatic heterocycles. The number of hydrogen-bond acceptors (Lipinski definition) is 6. The molecule has 2 heterocycles. The number of aromatic amines is 1. The minimum Gasteiger partial charge on any atom is -0.379 e. The van der Waals surface area contributed by atoms with Gasteiger partial charge in [0.05, 0.1) is 23.7 Å². The quantitative estimate of drug-likeness (QED) is 0.601. The summed E-state index contributed by atoms with van der Waals surface area (Å²) in [5.41, 5.74) is 0.707. The summed E-state index contributed by atoms with van der Waals surface area (Å²) in [4.78, 5) is 25.9. The average molecular weight is 387 g/mol. The summed E-state index contributed by atoms with van der Waals surface area (Å²) in [7, 11) is 0. The number of nitro benzene ring substituents is 1. The minimum atomic E-state index is -0.469. The lowest BCUT2D eigenvalue weighted by Crippen LogP contribution is -2.59. The van der Waals surface area contributed by atoms with Crippen LogP contribution in [0.15, 0.2) is 18.2 Å². The molecule has 2 N–H and O–H groups in total. The molecule has 4 rings (SSSR count). The molecule has 9 nitrogen and oxygen atoms in total. The average Bonchev–Trinajstić information content (AvgIpc) is 3.16. The summed E-state index contributed by atoms with van der Waals surface area (Å²) < 4.78 is 5.50. The SMILES string of the molecule is O=C(NCC1(N2CCOCC2)CCCCC1)c1n[nH]c2ccc([N+](=O)[O-])cc12. The van der Waals surface area contributed by atoms with Crippen LogP contribution in [0.5, 0.6) is 0 Å². The zero-order chi connectivity index (χ0) is 19.6. The second kappa shape index (κ2) is 7.84. The van der Waals surface area contributed by atoms with Gasteiger partial charge in [-0.05, 0) is 18.9 Å². The van der Waals surface area contributed by atoms with Crippen LogP contribution in [-0.2, 0) is 4.74 Å². The van der Waals surface area contributed by atoms with Gasteiger partial charge in [-0.15, -0.1) is 0 Å². The van der Waals surface area contributed by atoms with Crippen LogP contribution in [0, 0.1) is 10.1 Å². The second-order valence-electron chi connectivity index (χ2n) is 7.63. The highest BCUT2D eigenvalue weighted by atomic mass is 16.6. The van der Waals surface area contributed by atoms with Crippen molar-refractivity contribution in [3.8, 4) is 0 Å². The molecule has 1 amide bonds. The molecule has 1 aromatic carbocycles. The number of amides is 1. The molecular weight excluding hydrogens is 362 g/mol. The van der Waals surface area contributed by atoms with Gasteiger partial charge in [-0.2, -0.15) is 5.10 Å². The van der Waals surface area contributed by atoms with Crippen LogP contribution in [0.4, 0.5) is 5.69 Å². The minimum absolute atomic E-state index is 0.0458. The van der Waals surface area contributed by atoms with E-state index in [1.54, 1.807) is 6.07 Å². The Bertz CT molecular complexity index is 868. The molecule has 0 bridgehead atoms. The van der Waals surface area contributed by atoms with Crippen molar-refractivity contribution < 1.29 is 14.5 Å². The Balaban J connectivity index is 1.53. The predicted molar refractivity (Wildman–Crippen MR) is 103 cm³/mol. The molecule has 1 saturated heterocycles. The fourth-order valence-electron chi connectivity index (χ4n) is 4.47. The molecule has 150 valence electrons. The highest BCUT2D eigenvalue weighted by Crippen LogP contribution is 2.34. The molecule has 0 spiro atoms. The first-order valence-corrected chi connectivity index (χ1v) is 9.83. The summed E-state index contributed by atoms with van der Waals surface area (Å²) in [6.45, 7) is 3.77. The molecule has 1 saturated carbocycles. The molecule has 1 aliphatic carbocycles. The maximum Gasteiger partial charge on any atom is 0.272 e. The molecule has 9 heteroatoms. The van der Waals surface area contributed by atoms with Gasteiger partial charge in [0.25, 0.3) is 11.6 Å². The monoisotopic (exact) mass is 387 g/mol. The Kier molecular flexibility index (Phi) is 5.27. The van der Waals surface area contributed by atoms with E-state index in [4.69, 9.17) is 4.74 Å². The zero-order valence-corrected chi connectivity index (χ0v) is 15.8. The molecule has 0 unspecified atom stereocenters. The fraction of sp³-hybridized carbons (Fsp3) is 0.579. The number of benzene rings is 1. The summed E-state index contributed by atoms with van der Waals surface area (Å²) in [5.74, 6) is -0.301. The van der Waals surface area contributed by atoms with E-state index >= 15 is 0 Å². The Morgan fingerprint density at radius 1 is 1.29 bits per heavy atom. The lowest BCUT2D eigenvalue weighted by atomic mass is 9.79. The van der Waals surface area contributed by atoms with Crippen LogP contribution in [0.25, 0.3) is 10.9 Å². The highest BCUT2D eigenvalue weighted by Gasteiger charge is 2.39. The maximum atomic E-state index is 12.9. The molecule has 28 heavy (non-hydrogen) atoms. The van der Waals surface area contributed by atoms with Crippen LogP contribution in [0.3, 0.4) is 0 Å². The van der Waals surface area contributed by atoms with Gasteiger partial charge in [-0.1, -0.05) is 19.3 Å². The van der Waals surface area contributed by atoms with Crippen molar-refractivity contribution in [1.29, 1.82) is 0 Å². The number of rotatable bonds is 5. The Hall–Kier alpha value is -2.52. The van der Waals surface area contributed by atoms with Crippen LogP contribution >= 0.6 is 0 Å². The van der Waals surface area contributed by atoms with E-state index in [2.05, 4.69) is 20.4 Å². The number of nitrogens with zero attached hydrogens (tertiary/aromatic N) is 3. The van der Waals surface area contributed by atoms with Crippen molar-refractivity contribution in [2.75, 3.05) is 32.8 Å². The first kappa shape index (κ1) is 18.8. The first-order chi connectivity index (χ1) is 13.6. The molecule has 2 aromatic rings. The van der Waals surface area contributed by atoms with Gasteiger partial charge in [-0.3, -0.25) is 24.9 Å². The van der Waals surface area contributed by atoms with E-state index in [1.165, 1.54) is 18.6 Å². The maximum absolute atomic E-state index is 12.9. The Morgan fingerprint density at radius 3 is 2.75 bits per heavy atom. The zero-order valence-electron chi connectivity index (χ0n) is 15.8. The summed E-state index contributed by atoms with van der Waals surface area (Å²) >= 11 is 0. The van der Waals surface area contributed by atoms with Gasteiger partial charge in [0.15, 0.2) is 5.69 Å². The van der Waals surface area contributed by atoms with E-state index in [0.29, 0.717) is 17.4 Å². The van der Waals surface area contributed by atoms with Gasteiger partial charge < -0.3 is 10.1 Å². The van der Waals surface area contributed by atoms with Gasteiger partial charge in [-0.25, -0.2) is 0 Å². The lowest BCUT2D eigenvalue weighted by Gasteiger charge is -2.48. The predicted octanol–water partition coefficient (Wildman–Crippen LogP) is 2.24. The van der Waals surface area contributed by atoms with E-state index < -0.39 is 4.92 Å². The van der Waals surface area contributed by atoms with Crippen molar-refractivity contribution in [3.63, 3.8) is 0 Å². The van der Waals surface area contributed by atoms with E-state index in [1.807, 2.05) is 0 Å². The smallest absolute Gasteiger partial charge is 0.272 e. The topological polar surface area (TPSA) is 113 Å². The number of hydrogen-bond donors (Lipinski definition) is 2. The van der Waals surface area contributed by atoms with Crippen molar-refractivity contribution >= 4 is 22.5 Å². The molecular formula is C19H25N5O4. The van der Waals surface area contributed by atoms with Crippen molar-refractivity contribution in [2.45, 2.75) is 37.6 Å². The van der Waals surface area contributed by atoms with Crippen LogP contribution < -0.4 is 5.32 Å². The van der Waals surface area contributed by atoms with E-state index in [0.717, 1.165) is 52.0 Å². The number of carbonyl (C=O) groups is 1. The van der Waals surface area contributed by atoms with Gasteiger partial charge in [0.2, 0.25) is 0 Å². The highest BCUT2D eigenvalue weighted by molar-refractivity contribution is 6.05. The largest absolute Gasteiger partial charge is 0.379 e. The number of ether oxygens (including phenoxy) is 1. The number of nitrogens with one attached hydrogen (secondary N) is 2. The summed E-state index contributed by atoms with van der Waals surface area (Å²) in [6, 6.07) is 4.37. The lowest BCUT2D eigenvalue weighted by molar-refractivity contribution is -0.384. The Morgan fingerprint density at radius 2 is 2.04 bits per heavy atom. The molecule has 1 aliphatic heterocycles. The number of aromatic nitrogens is 2. The van der Waals surface area contributed by atoms with Crippen LogP contribution in [0.2, 0.25) is 0 Å². The van der Waals surface area contributed by atoms with Crippen molar-refractivity contribution in [1.82, 2.24) is 20.4 Å². The molecule has 0 radical (unpaired) electrons. The third-order valence-electron chi connectivity index (χ3n) is 6.02.